The van der Waals surface area contributed by atoms with E-state index in [9.17, 15) is 4.79 Å². The van der Waals surface area contributed by atoms with Gasteiger partial charge < -0.3 is 0 Å². The maximum atomic E-state index is 11.9. The zero-order valence-electron chi connectivity index (χ0n) is 7.25. The van der Waals surface area contributed by atoms with Crippen LogP contribution in [0.1, 0.15) is 6.92 Å². The molecule has 0 aromatic carbocycles. The molecule has 0 amide bonds. The van der Waals surface area contributed by atoms with E-state index in [0.29, 0.717) is 16.7 Å². The molecule has 2 aromatic rings. The van der Waals surface area contributed by atoms with Gasteiger partial charge in [0.25, 0.3) is 5.56 Å². The van der Waals surface area contributed by atoms with E-state index in [1.54, 1.807) is 4.57 Å². The van der Waals surface area contributed by atoms with E-state index in [1.807, 2.05) is 12.3 Å². The van der Waals surface area contributed by atoms with Gasteiger partial charge in [0, 0.05) is 16.4 Å². The van der Waals surface area contributed by atoms with Crippen molar-refractivity contribution < 1.29 is 0 Å². The Morgan fingerprint density at radius 3 is 2.93 bits per heavy atom. The second-order valence-electron chi connectivity index (χ2n) is 2.69. The lowest BCUT2D eigenvalue weighted by atomic mass is 10.4. The lowest BCUT2D eigenvalue weighted by molar-refractivity contribution is 0.696. The van der Waals surface area contributed by atoms with E-state index in [0.717, 1.165) is 9.30 Å². The minimum Gasteiger partial charge on any atom is -0.287 e. The monoisotopic (exact) mass is 336 g/mol. The van der Waals surface area contributed by atoms with Gasteiger partial charge in [0.2, 0.25) is 0 Å². The summed E-state index contributed by atoms with van der Waals surface area (Å²) in [5.74, 6) is 0. The highest BCUT2D eigenvalue weighted by atomic mass is 79.9. The molecular weight excluding hydrogens is 332 g/mol. The number of hydrogen-bond acceptors (Lipinski definition) is 3. The van der Waals surface area contributed by atoms with Crippen LogP contribution in [0.5, 0.6) is 0 Å². The Bertz CT molecular complexity index is 546. The van der Waals surface area contributed by atoms with Crippen molar-refractivity contribution in [3.63, 3.8) is 0 Å². The molecule has 0 atom stereocenters. The Balaban J connectivity index is 2.97. The van der Waals surface area contributed by atoms with Crippen molar-refractivity contribution >= 4 is 53.4 Å². The van der Waals surface area contributed by atoms with Crippen LogP contribution >= 0.6 is 43.2 Å². The summed E-state index contributed by atoms with van der Waals surface area (Å²) in [6.07, 6.45) is 0. The van der Waals surface area contributed by atoms with Crippen LogP contribution in [0, 0.1) is 0 Å². The zero-order chi connectivity index (χ0) is 10.3. The predicted molar refractivity (Wildman–Crippen MR) is 65.0 cm³/mol. The van der Waals surface area contributed by atoms with E-state index in [4.69, 9.17) is 0 Å². The van der Waals surface area contributed by atoms with Crippen LogP contribution in [-0.2, 0) is 6.54 Å². The van der Waals surface area contributed by atoms with Gasteiger partial charge in [-0.3, -0.25) is 9.36 Å². The summed E-state index contributed by atoms with van der Waals surface area (Å²) in [4.78, 5) is 17.0. The highest BCUT2D eigenvalue weighted by Crippen LogP contribution is 2.26. The van der Waals surface area contributed by atoms with Gasteiger partial charge in [0.1, 0.15) is 4.83 Å². The van der Waals surface area contributed by atoms with Crippen molar-refractivity contribution in [2.45, 2.75) is 13.5 Å². The summed E-state index contributed by atoms with van der Waals surface area (Å²) in [5, 5.41) is 2.55. The van der Waals surface area contributed by atoms with Crippen LogP contribution in [0.4, 0.5) is 0 Å². The van der Waals surface area contributed by atoms with E-state index < -0.39 is 0 Å². The summed E-state index contributed by atoms with van der Waals surface area (Å²) in [7, 11) is 0. The van der Waals surface area contributed by atoms with Gasteiger partial charge in [-0.15, -0.1) is 11.3 Å². The molecule has 0 aliphatic heterocycles. The Morgan fingerprint density at radius 1 is 1.57 bits per heavy atom. The lowest BCUT2D eigenvalue weighted by Gasteiger charge is -2.03. The average Bonchev–Trinajstić information content (AvgIpc) is 2.48. The number of thiophene rings is 1. The second-order valence-corrected chi connectivity index (χ2v) is 5.12. The quantitative estimate of drug-likeness (QED) is 0.750. The van der Waals surface area contributed by atoms with Gasteiger partial charge in [0.05, 0.1) is 5.39 Å². The summed E-state index contributed by atoms with van der Waals surface area (Å²) < 4.78 is 3.01. The number of rotatable bonds is 1. The molecule has 0 aliphatic carbocycles. The van der Waals surface area contributed by atoms with Crippen LogP contribution in [0.15, 0.2) is 19.4 Å². The molecule has 0 unspecified atom stereocenters. The first-order valence-corrected chi connectivity index (χ1v) is 6.44. The molecule has 0 aliphatic rings. The van der Waals surface area contributed by atoms with Crippen molar-refractivity contribution in [3.8, 4) is 0 Å². The van der Waals surface area contributed by atoms with Gasteiger partial charge in [-0.2, -0.15) is 0 Å². The van der Waals surface area contributed by atoms with Crippen LogP contribution < -0.4 is 5.56 Å². The Labute approximate surface area is 101 Å². The van der Waals surface area contributed by atoms with Crippen molar-refractivity contribution in [2.75, 3.05) is 0 Å². The maximum absolute atomic E-state index is 11.9. The number of nitrogens with zero attached hydrogens (tertiary/aromatic N) is 2. The fraction of sp³-hybridized carbons (Fsp3) is 0.250. The predicted octanol–water partition coefficient (Wildman–Crippen LogP) is 3.00. The van der Waals surface area contributed by atoms with Gasteiger partial charge in [-0.25, -0.2) is 4.98 Å². The van der Waals surface area contributed by atoms with E-state index in [-0.39, 0.29) is 5.56 Å². The summed E-state index contributed by atoms with van der Waals surface area (Å²) >= 11 is 8.09. The third-order valence-electron chi connectivity index (χ3n) is 1.92. The van der Waals surface area contributed by atoms with Crippen molar-refractivity contribution in [3.05, 3.63) is 24.9 Å². The standard InChI is InChI=1S/C8H6Br2N2OS/c1-2-12-7(13)5-4(9)3-14-6(5)11-8(12)10/h3H,2H2,1H3. The van der Waals surface area contributed by atoms with Crippen molar-refractivity contribution in [1.82, 2.24) is 9.55 Å². The first-order valence-electron chi connectivity index (χ1n) is 3.98. The summed E-state index contributed by atoms with van der Waals surface area (Å²) in [6.45, 7) is 2.53. The van der Waals surface area contributed by atoms with Gasteiger partial charge in [-0.05, 0) is 38.8 Å². The third-order valence-corrected chi connectivity index (χ3v) is 4.32. The van der Waals surface area contributed by atoms with Crippen LogP contribution in [0.2, 0.25) is 0 Å². The van der Waals surface area contributed by atoms with Crippen LogP contribution in [0.25, 0.3) is 10.2 Å². The Morgan fingerprint density at radius 2 is 2.29 bits per heavy atom. The van der Waals surface area contributed by atoms with Gasteiger partial charge in [0.15, 0.2) is 4.73 Å². The molecule has 0 saturated heterocycles. The topological polar surface area (TPSA) is 34.9 Å². The minimum atomic E-state index is -0.00231. The van der Waals surface area contributed by atoms with Crippen LogP contribution in [0.3, 0.4) is 0 Å². The van der Waals surface area contributed by atoms with E-state index in [2.05, 4.69) is 36.8 Å². The highest BCUT2D eigenvalue weighted by Gasteiger charge is 2.11. The molecule has 2 aromatic heterocycles. The molecule has 0 bridgehead atoms. The van der Waals surface area contributed by atoms with Gasteiger partial charge >= 0.3 is 0 Å². The zero-order valence-corrected chi connectivity index (χ0v) is 11.2. The Kier molecular flexibility index (Phi) is 2.77. The highest BCUT2D eigenvalue weighted by molar-refractivity contribution is 9.11. The SMILES string of the molecule is CCn1c(Br)nc2scc(Br)c2c1=O. The molecular formula is C8H6Br2N2OS. The smallest absolute Gasteiger partial charge is 0.264 e. The molecule has 0 spiro atoms. The van der Waals surface area contributed by atoms with Crippen LogP contribution in [-0.4, -0.2) is 9.55 Å². The van der Waals surface area contributed by atoms with Crippen molar-refractivity contribution in [2.24, 2.45) is 0 Å². The van der Waals surface area contributed by atoms with E-state index >= 15 is 0 Å². The Hall–Kier alpha value is -0.200. The van der Waals surface area contributed by atoms with E-state index in [1.165, 1.54) is 11.3 Å². The molecule has 2 rings (SSSR count). The fourth-order valence-corrected chi connectivity index (χ4v) is 3.50. The second kappa shape index (κ2) is 3.75. The first-order chi connectivity index (χ1) is 6.65. The summed E-state index contributed by atoms with van der Waals surface area (Å²) in [6, 6.07) is 0. The molecule has 14 heavy (non-hydrogen) atoms. The normalized spacial score (nSPS) is 11.1. The first kappa shape index (κ1) is 10.3. The number of aromatic nitrogens is 2. The molecule has 0 radical (unpaired) electrons. The minimum absolute atomic E-state index is 0.00231. The molecule has 2 heterocycles. The maximum Gasteiger partial charge on any atom is 0.264 e. The molecule has 3 nitrogen and oxygen atoms in total. The van der Waals surface area contributed by atoms with Crippen molar-refractivity contribution in [1.29, 1.82) is 0 Å². The third kappa shape index (κ3) is 1.45. The molecule has 0 N–H and O–H groups in total. The molecule has 6 heteroatoms. The fourth-order valence-electron chi connectivity index (χ4n) is 1.24. The lowest BCUT2D eigenvalue weighted by Crippen LogP contribution is -2.20. The number of halogens is 2. The van der Waals surface area contributed by atoms with Gasteiger partial charge in [-0.1, -0.05) is 0 Å². The largest absolute Gasteiger partial charge is 0.287 e. The average molecular weight is 338 g/mol. The molecule has 0 fully saturated rings. The summed E-state index contributed by atoms with van der Waals surface area (Å²) in [5.41, 5.74) is -0.00231. The molecule has 74 valence electrons. The number of hydrogen-bond donors (Lipinski definition) is 0. The molecule has 0 saturated carbocycles. The number of fused-ring (bicyclic) bond motifs is 1.